The molecule has 0 aliphatic carbocycles. The summed E-state index contributed by atoms with van der Waals surface area (Å²) in [5.74, 6) is 1.13. The van der Waals surface area contributed by atoms with Gasteiger partial charge in [-0.3, -0.25) is 4.68 Å². The number of rotatable bonds is 6. The van der Waals surface area contributed by atoms with Gasteiger partial charge >= 0.3 is 0 Å². The number of hydrogen-bond donors (Lipinski definition) is 1. The summed E-state index contributed by atoms with van der Waals surface area (Å²) in [6.45, 7) is 11.9. The summed E-state index contributed by atoms with van der Waals surface area (Å²) in [6.07, 6.45) is 1.84. The molecule has 0 amide bonds. The molecule has 2 unspecified atom stereocenters. The standard InChI is InChI=1S/C14H26BrN3/c1-6-12-14(15)13(18(7-2)17-12)8-11(16)10(5)9(3)4/h9-11H,6-8,16H2,1-5H3. The van der Waals surface area contributed by atoms with Crippen molar-refractivity contribution in [1.82, 2.24) is 9.78 Å². The Kier molecular flexibility index (Phi) is 5.86. The number of hydrogen-bond acceptors (Lipinski definition) is 2. The van der Waals surface area contributed by atoms with E-state index >= 15 is 0 Å². The summed E-state index contributed by atoms with van der Waals surface area (Å²) in [4.78, 5) is 0. The highest BCUT2D eigenvalue weighted by Crippen LogP contribution is 2.25. The normalized spacial score (nSPS) is 15.1. The second kappa shape index (κ2) is 6.71. The van der Waals surface area contributed by atoms with Gasteiger partial charge in [-0.05, 0) is 41.1 Å². The number of nitrogens with zero attached hydrogens (tertiary/aromatic N) is 2. The van der Waals surface area contributed by atoms with Crippen LogP contribution >= 0.6 is 15.9 Å². The molecule has 0 saturated heterocycles. The molecule has 0 fully saturated rings. The van der Waals surface area contributed by atoms with Crippen LogP contribution in [0, 0.1) is 11.8 Å². The number of aromatic nitrogens is 2. The first-order chi connectivity index (χ1) is 8.42. The third-order valence-corrected chi connectivity index (χ3v) is 4.77. The van der Waals surface area contributed by atoms with Gasteiger partial charge in [-0.2, -0.15) is 5.10 Å². The topological polar surface area (TPSA) is 43.8 Å². The van der Waals surface area contributed by atoms with E-state index < -0.39 is 0 Å². The van der Waals surface area contributed by atoms with E-state index in [2.05, 4.69) is 60.3 Å². The highest BCUT2D eigenvalue weighted by Gasteiger charge is 2.21. The first kappa shape index (κ1) is 15.7. The zero-order valence-electron chi connectivity index (χ0n) is 12.2. The van der Waals surface area contributed by atoms with Gasteiger partial charge in [0.05, 0.1) is 15.9 Å². The van der Waals surface area contributed by atoms with Crippen LogP contribution in [0.5, 0.6) is 0 Å². The lowest BCUT2D eigenvalue weighted by atomic mass is 9.88. The lowest BCUT2D eigenvalue weighted by Gasteiger charge is -2.23. The second-order valence-corrected chi connectivity index (χ2v) is 6.14. The van der Waals surface area contributed by atoms with Crippen LogP contribution in [0.3, 0.4) is 0 Å². The fourth-order valence-corrected chi connectivity index (χ4v) is 2.84. The van der Waals surface area contributed by atoms with E-state index in [9.17, 15) is 0 Å². The zero-order chi connectivity index (χ0) is 13.9. The molecule has 0 saturated carbocycles. The quantitative estimate of drug-likeness (QED) is 0.874. The van der Waals surface area contributed by atoms with Crippen LogP contribution in [-0.2, 0) is 19.4 Å². The summed E-state index contributed by atoms with van der Waals surface area (Å²) in [5, 5.41) is 4.62. The molecule has 1 heterocycles. The molecule has 0 bridgehead atoms. The average molecular weight is 316 g/mol. The molecule has 2 N–H and O–H groups in total. The molecule has 0 aliphatic heterocycles. The first-order valence-corrected chi connectivity index (χ1v) is 7.71. The molecular weight excluding hydrogens is 290 g/mol. The van der Waals surface area contributed by atoms with Crippen molar-refractivity contribution in [2.75, 3.05) is 0 Å². The van der Waals surface area contributed by atoms with Crippen molar-refractivity contribution in [2.45, 2.75) is 60.0 Å². The largest absolute Gasteiger partial charge is 0.327 e. The van der Waals surface area contributed by atoms with Gasteiger partial charge < -0.3 is 5.73 Å². The fraction of sp³-hybridized carbons (Fsp3) is 0.786. The Morgan fingerprint density at radius 2 is 1.89 bits per heavy atom. The third-order valence-electron chi connectivity index (χ3n) is 3.85. The van der Waals surface area contributed by atoms with Crippen molar-refractivity contribution in [2.24, 2.45) is 17.6 Å². The van der Waals surface area contributed by atoms with Crippen LogP contribution in [-0.4, -0.2) is 15.8 Å². The smallest absolute Gasteiger partial charge is 0.0766 e. The Hall–Kier alpha value is -0.350. The van der Waals surface area contributed by atoms with Gasteiger partial charge in [0.1, 0.15) is 0 Å². The van der Waals surface area contributed by atoms with Gasteiger partial charge in [0, 0.05) is 19.0 Å². The van der Waals surface area contributed by atoms with E-state index in [0.29, 0.717) is 11.8 Å². The molecule has 0 aliphatic rings. The lowest BCUT2D eigenvalue weighted by molar-refractivity contribution is 0.339. The maximum Gasteiger partial charge on any atom is 0.0766 e. The van der Waals surface area contributed by atoms with Crippen molar-refractivity contribution in [3.05, 3.63) is 15.9 Å². The first-order valence-electron chi connectivity index (χ1n) is 6.91. The van der Waals surface area contributed by atoms with E-state index in [4.69, 9.17) is 5.73 Å². The minimum absolute atomic E-state index is 0.188. The lowest BCUT2D eigenvalue weighted by Crippen LogP contribution is -2.34. The molecule has 0 radical (unpaired) electrons. The van der Waals surface area contributed by atoms with Crippen LogP contribution in [0.1, 0.15) is 46.0 Å². The predicted molar refractivity (Wildman–Crippen MR) is 80.7 cm³/mol. The third kappa shape index (κ3) is 3.35. The summed E-state index contributed by atoms with van der Waals surface area (Å²) < 4.78 is 3.23. The van der Waals surface area contributed by atoms with Gasteiger partial charge in [-0.25, -0.2) is 0 Å². The SMILES string of the molecule is CCc1nn(CC)c(CC(N)C(C)C(C)C)c1Br. The summed E-state index contributed by atoms with van der Waals surface area (Å²) in [5.41, 5.74) is 8.71. The van der Waals surface area contributed by atoms with Crippen molar-refractivity contribution in [1.29, 1.82) is 0 Å². The van der Waals surface area contributed by atoms with Gasteiger partial charge in [0.25, 0.3) is 0 Å². The molecule has 1 rings (SSSR count). The van der Waals surface area contributed by atoms with Crippen molar-refractivity contribution >= 4 is 15.9 Å². The molecule has 104 valence electrons. The van der Waals surface area contributed by atoms with Crippen molar-refractivity contribution < 1.29 is 0 Å². The van der Waals surface area contributed by atoms with Crippen molar-refractivity contribution in [3.8, 4) is 0 Å². The van der Waals surface area contributed by atoms with Crippen LogP contribution in [0.4, 0.5) is 0 Å². The van der Waals surface area contributed by atoms with Crippen LogP contribution in [0.15, 0.2) is 4.47 Å². The van der Waals surface area contributed by atoms with Crippen molar-refractivity contribution in [3.63, 3.8) is 0 Å². The Morgan fingerprint density at radius 3 is 2.33 bits per heavy atom. The zero-order valence-corrected chi connectivity index (χ0v) is 13.8. The van der Waals surface area contributed by atoms with E-state index in [1.54, 1.807) is 0 Å². The van der Waals surface area contributed by atoms with Crippen LogP contribution < -0.4 is 5.73 Å². The Morgan fingerprint density at radius 1 is 1.28 bits per heavy atom. The Balaban J connectivity index is 2.92. The monoisotopic (exact) mass is 315 g/mol. The maximum absolute atomic E-state index is 6.33. The second-order valence-electron chi connectivity index (χ2n) is 5.35. The summed E-state index contributed by atoms with van der Waals surface area (Å²) in [7, 11) is 0. The van der Waals surface area contributed by atoms with Gasteiger partial charge in [-0.15, -0.1) is 0 Å². The van der Waals surface area contributed by atoms with Gasteiger partial charge in [-0.1, -0.05) is 27.7 Å². The molecule has 0 aromatic carbocycles. The average Bonchev–Trinajstić information content (AvgIpc) is 2.65. The van der Waals surface area contributed by atoms with Gasteiger partial charge in [0.15, 0.2) is 0 Å². The van der Waals surface area contributed by atoms with Gasteiger partial charge in [0.2, 0.25) is 0 Å². The highest BCUT2D eigenvalue weighted by atomic mass is 79.9. The van der Waals surface area contributed by atoms with E-state index in [1.807, 2.05) is 0 Å². The molecule has 3 nitrogen and oxygen atoms in total. The molecule has 18 heavy (non-hydrogen) atoms. The van der Waals surface area contributed by atoms with E-state index in [-0.39, 0.29) is 6.04 Å². The number of halogens is 1. The predicted octanol–water partition coefficient (Wildman–Crippen LogP) is 3.39. The molecule has 1 aromatic rings. The van der Waals surface area contributed by atoms with Crippen LogP contribution in [0.2, 0.25) is 0 Å². The maximum atomic E-state index is 6.33. The highest BCUT2D eigenvalue weighted by molar-refractivity contribution is 9.10. The molecule has 0 spiro atoms. The Bertz CT molecular complexity index is 385. The van der Waals surface area contributed by atoms with E-state index in [1.165, 1.54) is 5.69 Å². The minimum Gasteiger partial charge on any atom is -0.327 e. The fourth-order valence-electron chi connectivity index (χ4n) is 2.12. The molecule has 2 atom stereocenters. The number of aryl methyl sites for hydroxylation is 2. The van der Waals surface area contributed by atoms with E-state index in [0.717, 1.165) is 29.6 Å². The summed E-state index contributed by atoms with van der Waals surface area (Å²) in [6, 6.07) is 0.188. The minimum atomic E-state index is 0.188. The molecule has 1 aromatic heterocycles. The summed E-state index contributed by atoms with van der Waals surface area (Å²) >= 11 is 3.68. The number of nitrogens with two attached hydrogens (primary N) is 1. The molecule has 4 heteroatoms. The Labute approximate surface area is 119 Å². The molecular formula is C14H26BrN3. The van der Waals surface area contributed by atoms with Crippen LogP contribution in [0.25, 0.3) is 0 Å².